The normalized spacial score (nSPS) is 11.3. The minimum atomic E-state index is -0.524. The molecule has 0 N–H and O–H groups in total. The topological polar surface area (TPSA) is 39.4 Å². The third kappa shape index (κ3) is 2.50. The van der Waals surface area contributed by atoms with Gasteiger partial charge in [0.1, 0.15) is 11.6 Å². The van der Waals surface area contributed by atoms with Gasteiger partial charge < -0.3 is 9.14 Å². The molecule has 4 aromatic rings. The maximum Gasteiger partial charge on any atom is 0.230 e. The van der Waals surface area contributed by atoms with Gasteiger partial charge in [-0.1, -0.05) is 15.9 Å². The summed E-state index contributed by atoms with van der Waals surface area (Å²) in [5.41, 5.74) is 0.895. The Hall–Kier alpha value is -2.54. The van der Waals surface area contributed by atoms with E-state index >= 15 is 0 Å². The van der Waals surface area contributed by atoms with Crippen molar-refractivity contribution in [3.8, 4) is 11.6 Å². The summed E-state index contributed by atoms with van der Waals surface area (Å²) >= 11 is 3.25. The highest BCUT2D eigenvalue weighted by Gasteiger charge is 2.13. The molecule has 3 heterocycles. The predicted molar refractivity (Wildman–Crippen MR) is 89.4 cm³/mol. The molecule has 4 rings (SSSR count). The van der Waals surface area contributed by atoms with Crippen molar-refractivity contribution in [2.45, 2.75) is 6.92 Å². The lowest BCUT2D eigenvalue weighted by molar-refractivity contribution is 0.458. The first-order valence-electron chi connectivity index (χ1n) is 7.08. The van der Waals surface area contributed by atoms with Gasteiger partial charge in [-0.2, -0.15) is 0 Å². The highest BCUT2D eigenvalue weighted by molar-refractivity contribution is 9.10. The van der Waals surface area contributed by atoms with Crippen LogP contribution >= 0.6 is 15.9 Å². The number of pyridine rings is 2. The van der Waals surface area contributed by atoms with Crippen LogP contribution in [0.1, 0.15) is 5.69 Å². The summed E-state index contributed by atoms with van der Waals surface area (Å²) in [5.74, 6) is -0.709. The number of rotatable bonds is 2. The molecule has 0 saturated heterocycles. The monoisotopic (exact) mass is 389 g/mol. The summed E-state index contributed by atoms with van der Waals surface area (Å²) < 4.78 is 36.2. The highest BCUT2D eigenvalue weighted by Crippen LogP contribution is 2.32. The average molecular weight is 390 g/mol. The first-order valence-corrected chi connectivity index (χ1v) is 7.87. The van der Waals surface area contributed by atoms with Crippen LogP contribution in [0.15, 0.2) is 47.3 Å². The van der Waals surface area contributed by atoms with Crippen molar-refractivity contribution in [1.82, 2.24) is 14.4 Å². The first kappa shape index (κ1) is 15.0. The van der Waals surface area contributed by atoms with Gasteiger partial charge in [-0.15, -0.1) is 0 Å². The van der Waals surface area contributed by atoms with Gasteiger partial charge in [0.25, 0.3) is 0 Å². The van der Waals surface area contributed by atoms with E-state index in [1.165, 1.54) is 22.7 Å². The number of benzene rings is 1. The molecule has 0 radical (unpaired) electrons. The van der Waals surface area contributed by atoms with Crippen LogP contribution in [-0.4, -0.2) is 14.4 Å². The molecule has 7 heteroatoms. The van der Waals surface area contributed by atoms with Crippen molar-refractivity contribution >= 4 is 32.3 Å². The van der Waals surface area contributed by atoms with Crippen LogP contribution in [0.2, 0.25) is 0 Å². The molecule has 0 atom stereocenters. The Bertz CT molecular complexity index is 1090. The zero-order valence-electron chi connectivity index (χ0n) is 12.4. The molecule has 1 aromatic carbocycles. The largest absolute Gasteiger partial charge is 0.437 e. The lowest BCUT2D eigenvalue weighted by Crippen LogP contribution is -1.95. The molecule has 0 bridgehead atoms. The van der Waals surface area contributed by atoms with Crippen molar-refractivity contribution in [1.29, 1.82) is 0 Å². The van der Waals surface area contributed by atoms with Crippen molar-refractivity contribution in [3.05, 3.63) is 64.7 Å². The number of ether oxygens (including phenoxy) is 1. The smallest absolute Gasteiger partial charge is 0.230 e. The minimum absolute atomic E-state index is 0.0769. The van der Waals surface area contributed by atoms with E-state index in [2.05, 4.69) is 25.9 Å². The molecule has 120 valence electrons. The summed E-state index contributed by atoms with van der Waals surface area (Å²) in [6.07, 6.45) is 4.77. The summed E-state index contributed by atoms with van der Waals surface area (Å²) in [4.78, 5) is 8.17. The van der Waals surface area contributed by atoms with E-state index in [-0.39, 0.29) is 22.7 Å². The van der Waals surface area contributed by atoms with Crippen LogP contribution in [0.3, 0.4) is 0 Å². The fraction of sp³-hybridized carbons (Fsp3) is 0.0588. The minimum Gasteiger partial charge on any atom is -0.437 e. The van der Waals surface area contributed by atoms with E-state index in [9.17, 15) is 8.78 Å². The molecular formula is C17H10BrF2N3O. The number of fused-ring (bicyclic) bond motifs is 2. The van der Waals surface area contributed by atoms with Crippen molar-refractivity contribution in [2.75, 3.05) is 0 Å². The Morgan fingerprint density at radius 2 is 1.96 bits per heavy atom. The first-order chi connectivity index (χ1) is 11.5. The average Bonchev–Trinajstić information content (AvgIpc) is 2.87. The summed E-state index contributed by atoms with van der Waals surface area (Å²) in [7, 11) is 0. The second-order valence-corrected chi connectivity index (χ2v) is 6.26. The number of hydrogen-bond acceptors (Lipinski definition) is 3. The number of imidazole rings is 1. The van der Waals surface area contributed by atoms with Crippen LogP contribution in [0.25, 0.3) is 16.4 Å². The summed E-state index contributed by atoms with van der Waals surface area (Å²) in [5, 5.41) is 0.870. The predicted octanol–water partition coefficient (Wildman–Crippen LogP) is 5.02. The van der Waals surface area contributed by atoms with Crippen molar-refractivity contribution in [3.63, 3.8) is 0 Å². The van der Waals surface area contributed by atoms with Crippen LogP contribution in [0.4, 0.5) is 8.78 Å². The third-order valence-electron chi connectivity index (χ3n) is 3.56. The highest BCUT2D eigenvalue weighted by atomic mass is 79.9. The Balaban J connectivity index is 1.85. The Labute approximate surface area is 143 Å². The maximum absolute atomic E-state index is 14.3. The fourth-order valence-corrected chi connectivity index (χ4v) is 3.05. The van der Waals surface area contributed by atoms with Gasteiger partial charge in [0.15, 0.2) is 11.5 Å². The van der Waals surface area contributed by atoms with E-state index in [0.29, 0.717) is 15.6 Å². The number of nitrogens with zero attached hydrogens (tertiary/aromatic N) is 3. The van der Waals surface area contributed by atoms with Gasteiger partial charge in [0.2, 0.25) is 5.88 Å². The number of aromatic nitrogens is 3. The van der Waals surface area contributed by atoms with Crippen LogP contribution in [0, 0.1) is 18.6 Å². The molecule has 4 nitrogen and oxygen atoms in total. The molecule has 0 fully saturated rings. The second kappa shape index (κ2) is 5.52. The van der Waals surface area contributed by atoms with Gasteiger partial charge in [-0.25, -0.2) is 18.7 Å². The molecule has 0 aliphatic carbocycles. The van der Waals surface area contributed by atoms with Gasteiger partial charge in [0.05, 0.1) is 17.3 Å². The zero-order chi connectivity index (χ0) is 16.8. The molecule has 24 heavy (non-hydrogen) atoms. The van der Waals surface area contributed by atoms with E-state index in [0.717, 1.165) is 0 Å². The molecule has 0 amide bonds. The molecule has 0 aliphatic heterocycles. The summed E-state index contributed by atoms with van der Waals surface area (Å²) in [6, 6.07) is 5.98. The SMILES string of the molecule is Cc1cn2cc(Oc3nccc4cc(Br)cc(F)c34)cc(F)c2n1. The van der Waals surface area contributed by atoms with Crippen LogP contribution < -0.4 is 4.74 Å². The lowest BCUT2D eigenvalue weighted by Gasteiger charge is -2.09. The van der Waals surface area contributed by atoms with Crippen LogP contribution in [-0.2, 0) is 0 Å². The Morgan fingerprint density at radius 3 is 2.79 bits per heavy atom. The van der Waals surface area contributed by atoms with E-state index in [1.54, 1.807) is 31.5 Å². The molecular weight excluding hydrogens is 380 g/mol. The van der Waals surface area contributed by atoms with E-state index in [1.807, 2.05) is 0 Å². The Morgan fingerprint density at radius 1 is 1.12 bits per heavy atom. The lowest BCUT2D eigenvalue weighted by atomic mass is 10.1. The summed E-state index contributed by atoms with van der Waals surface area (Å²) in [6.45, 7) is 1.77. The van der Waals surface area contributed by atoms with E-state index in [4.69, 9.17) is 4.74 Å². The molecule has 0 saturated carbocycles. The van der Waals surface area contributed by atoms with Gasteiger partial charge >= 0.3 is 0 Å². The van der Waals surface area contributed by atoms with E-state index < -0.39 is 11.6 Å². The molecule has 0 aliphatic rings. The van der Waals surface area contributed by atoms with Gasteiger partial charge in [-0.05, 0) is 30.5 Å². The fourth-order valence-electron chi connectivity index (χ4n) is 2.60. The van der Waals surface area contributed by atoms with Crippen molar-refractivity contribution in [2.24, 2.45) is 0 Å². The number of aryl methyl sites for hydroxylation is 1. The molecule has 0 unspecified atom stereocenters. The maximum atomic E-state index is 14.3. The molecule has 0 spiro atoms. The second-order valence-electron chi connectivity index (χ2n) is 5.34. The third-order valence-corrected chi connectivity index (χ3v) is 4.02. The quantitative estimate of drug-likeness (QED) is 0.482. The van der Waals surface area contributed by atoms with Crippen LogP contribution in [0.5, 0.6) is 11.6 Å². The number of halogens is 3. The molecule has 3 aromatic heterocycles. The standard InChI is InChI=1S/C17H10BrF2N3O/c1-9-7-23-8-12(6-14(20)16(23)22-9)24-17-15-10(2-3-21-17)4-11(18)5-13(15)19/h2-8H,1H3. The Kier molecular flexibility index (Phi) is 3.45. The van der Waals surface area contributed by atoms with Gasteiger partial charge in [0, 0.05) is 22.9 Å². The van der Waals surface area contributed by atoms with Crippen molar-refractivity contribution < 1.29 is 13.5 Å². The zero-order valence-corrected chi connectivity index (χ0v) is 14.0. The van der Waals surface area contributed by atoms with Gasteiger partial charge in [-0.3, -0.25) is 0 Å². The number of hydrogen-bond donors (Lipinski definition) is 0.